The first-order valence-corrected chi connectivity index (χ1v) is 9.39. The molecule has 3 heterocycles. The Balaban J connectivity index is 1.72. The number of hydrogen-bond acceptors (Lipinski definition) is 6. The van der Waals surface area contributed by atoms with Gasteiger partial charge in [-0.3, -0.25) is 19.4 Å². The lowest BCUT2D eigenvalue weighted by molar-refractivity contribution is -0.135. The molecule has 2 aliphatic rings. The highest BCUT2D eigenvalue weighted by atomic mass is 16.5. The molecule has 1 aromatic carbocycles. The van der Waals surface area contributed by atoms with Gasteiger partial charge in [-0.25, -0.2) is 4.98 Å². The molecule has 2 amide bonds. The Labute approximate surface area is 168 Å². The van der Waals surface area contributed by atoms with Crippen LogP contribution >= 0.6 is 0 Å². The van der Waals surface area contributed by atoms with E-state index in [1.165, 1.54) is 22.2 Å². The molecule has 0 radical (unpaired) electrons. The van der Waals surface area contributed by atoms with E-state index < -0.39 is 11.3 Å². The van der Waals surface area contributed by atoms with Gasteiger partial charge in [0, 0.05) is 33.4 Å². The number of ether oxygens (including phenoxy) is 1. The van der Waals surface area contributed by atoms with Crippen molar-refractivity contribution in [3.8, 4) is 5.75 Å². The number of Topliss-reactive ketones (excluding diaryl/α,β-unsaturated/α-hetero) is 1. The van der Waals surface area contributed by atoms with E-state index in [0.717, 1.165) is 0 Å². The Morgan fingerprint density at radius 1 is 1.21 bits per heavy atom. The van der Waals surface area contributed by atoms with Crippen LogP contribution in [-0.4, -0.2) is 71.2 Å². The second-order valence-corrected chi connectivity index (χ2v) is 7.78. The molecular weight excluding hydrogens is 372 g/mol. The minimum Gasteiger partial charge on any atom is -0.492 e. The van der Waals surface area contributed by atoms with Gasteiger partial charge >= 0.3 is 0 Å². The van der Waals surface area contributed by atoms with Crippen molar-refractivity contribution in [2.45, 2.75) is 6.92 Å². The summed E-state index contributed by atoms with van der Waals surface area (Å²) >= 11 is 0. The zero-order chi connectivity index (χ0) is 20.8. The molecule has 1 aromatic heterocycles. The summed E-state index contributed by atoms with van der Waals surface area (Å²) in [7, 11) is 3.29. The average Bonchev–Trinajstić information content (AvgIpc) is 3.11. The van der Waals surface area contributed by atoms with E-state index in [4.69, 9.17) is 4.74 Å². The molecule has 1 fully saturated rings. The number of fused-ring (bicyclic) bond motifs is 1. The Kier molecular flexibility index (Phi) is 4.56. The molecule has 4 rings (SSSR count). The third-order valence-corrected chi connectivity index (χ3v) is 5.64. The van der Waals surface area contributed by atoms with Crippen molar-refractivity contribution in [3.63, 3.8) is 0 Å². The Morgan fingerprint density at radius 2 is 1.97 bits per heavy atom. The smallest absolute Gasteiger partial charge is 0.274 e. The molecule has 150 valence electrons. The van der Waals surface area contributed by atoms with Crippen LogP contribution in [0.1, 0.15) is 26.5 Å². The van der Waals surface area contributed by atoms with Crippen LogP contribution in [0.4, 0.5) is 0 Å². The number of rotatable bonds is 2. The zero-order valence-electron chi connectivity index (χ0n) is 16.6. The lowest BCUT2D eigenvalue weighted by atomic mass is 9.71. The summed E-state index contributed by atoms with van der Waals surface area (Å²) in [5.41, 5.74) is 0.212. The maximum Gasteiger partial charge on any atom is 0.274 e. The van der Waals surface area contributed by atoms with Crippen molar-refractivity contribution in [2.24, 2.45) is 11.3 Å². The molecule has 8 heteroatoms. The number of likely N-dealkylation sites (tertiary alicyclic amines) is 1. The van der Waals surface area contributed by atoms with Gasteiger partial charge in [0.15, 0.2) is 5.78 Å². The molecule has 8 nitrogen and oxygen atoms in total. The van der Waals surface area contributed by atoms with E-state index in [1.54, 1.807) is 45.3 Å². The summed E-state index contributed by atoms with van der Waals surface area (Å²) in [4.78, 5) is 50.8. The first-order valence-electron chi connectivity index (χ1n) is 9.39. The van der Waals surface area contributed by atoms with Crippen LogP contribution in [0.5, 0.6) is 5.75 Å². The van der Waals surface area contributed by atoms with Crippen molar-refractivity contribution >= 4 is 17.6 Å². The summed E-state index contributed by atoms with van der Waals surface area (Å²) in [6.45, 7) is 2.06. The fourth-order valence-electron chi connectivity index (χ4n) is 4.05. The zero-order valence-corrected chi connectivity index (χ0v) is 16.6. The third kappa shape index (κ3) is 3.04. The topological polar surface area (TPSA) is 92.7 Å². The van der Waals surface area contributed by atoms with Crippen molar-refractivity contribution in [1.29, 1.82) is 0 Å². The number of aryl methyl sites for hydroxylation is 1. The maximum atomic E-state index is 13.5. The highest BCUT2D eigenvalue weighted by Gasteiger charge is 2.59. The van der Waals surface area contributed by atoms with E-state index >= 15 is 0 Å². The molecule has 0 saturated carbocycles. The molecule has 0 N–H and O–H groups in total. The van der Waals surface area contributed by atoms with E-state index in [9.17, 15) is 14.4 Å². The van der Waals surface area contributed by atoms with Crippen LogP contribution in [0.25, 0.3) is 0 Å². The van der Waals surface area contributed by atoms with Gasteiger partial charge in [0.25, 0.3) is 5.91 Å². The molecule has 0 bridgehead atoms. The molecule has 1 spiro atoms. The number of ketones is 1. The predicted octanol–water partition coefficient (Wildman–Crippen LogP) is 1.21. The second kappa shape index (κ2) is 6.95. The van der Waals surface area contributed by atoms with Gasteiger partial charge in [-0.2, -0.15) is 0 Å². The molecule has 0 aliphatic carbocycles. The van der Waals surface area contributed by atoms with Crippen molar-refractivity contribution in [3.05, 3.63) is 53.6 Å². The highest BCUT2D eigenvalue weighted by molar-refractivity contribution is 6.07. The monoisotopic (exact) mass is 394 g/mol. The van der Waals surface area contributed by atoms with Crippen molar-refractivity contribution in [2.75, 3.05) is 33.8 Å². The Hall–Kier alpha value is -3.29. The van der Waals surface area contributed by atoms with Gasteiger partial charge in [0.1, 0.15) is 18.1 Å². The number of carbonyl (C=O) groups excluding carboxylic acids is 3. The van der Waals surface area contributed by atoms with E-state index in [1.807, 2.05) is 0 Å². The second-order valence-electron chi connectivity index (χ2n) is 7.78. The van der Waals surface area contributed by atoms with E-state index in [-0.39, 0.29) is 43.0 Å². The Bertz CT molecular complexity index is 988. The SMILES string of the molecule is Cc1cnc(C(=O)N2C[C@H](C(=O)N(C)C)[C@]3(COc4ccccc4C3=O)C2)cn1. The van der Waals surface area contributed by atoms with Crippen molar-refractivity contribution in [1.82, 2.24) is 19.8 Å². The lowest BCUT2D eigenvalue weighted by Gasteiger charge is -2.37. The Morgan fingerprint density at radius 3 is 2.66 bits per heavy atom. The summed E-state index contributed by atoms with van der Waals surface area (Å²) in [5, 5.41) is 0. The lowest BCUT2D eigenvalue weighted by Crippen LogP contribution is -2.51. The number of para-hydroxylation sites is 1. The van der Waals surface area contributed by atoms with Gasteiger partial charge in [0.05, 0.1) is 28.8 Å². The van der Waals surface area contributed by atoms with Gasteiger partial charge < -0.3 is 14.5 Å². The van der Waals surface area contributed by atoms with E-state index in [0.29, 0.717) is 17.0 Å². The summed E-state index contributed by atoms with van der Waals surface area (Å²) in [6, 6.07) is 7.00. The maximum absolute atomic E-state index is 13.5. The molecule has 0 unspecified atom stereocenters. The van der Waals surface area contributed by atoms with Crippen LogP contribution in [0.3, 0.4) is 0 Å². The van der Waals surface area contributed by atoms with Crippen LogP contribution in [0, 0.1) is 18.3 Å². The predicted molar refractivity (Wildman–Crippen MR) is 104 cm³/mol. The van der Waals surface area contributed by atoms with Gasteiger partial charge in [-0.15, -0.1) is 0 Å². The minimum absolute atomic E-state index is 0.0520. The minimum atomic E-state index is -1.12. The number of carbonyl (C=O) groups is 3. The fraction of sp³-hybridized carbons (Fsp3) is 0.381. The number of hydrogen-bond donors (Lipinski definition) is 0. The first kappa shape index (κ1) is 19.0. The molecular formula is C21H22N4O4. The van der Waals surface area contributed by atoms with E-state index in [2.05, 4.69) is 9.97 Å². The normalized spacial score (nSPS) is 22.9. The van der Waals surface area contributed by atoms with Crippen LogP contribution in [0.2, 0.25) is 0 Å². The summed E-state index contributed by atoms with van der Waals surface area (Å²) in [6.07, 6.45) is 2.94. The highest BCUT2D eigenvalue weighted by Crippen LogP contribution is 2.45. The molecule has 29 heavy (non-hydrogen) atoms. The van der Waals surface area contributed by atoms with Crippen molar-refractivity contribution < 1.29 is 19.1 Å². The molecule has 1 saturated heterocycles. The first-order chi connectivity index (χ1) is 13.8. The van der Waals surface area contributed by atoms with Crippen LogP contribution in [-0.2, 0) is 4.79 Å². The quantitative estimate of drug-likeness (QED) is 0.760. The standard InChI is InChI=1S/C21H22N4O4/c1-13-8-23-16(9-22-13)20(28)25-10-15(19(27)24(2)3)21(11-25)12-29-17-7-5-4-6-14(17)18(21)26/h4-9,15H,10-12H2,1-3H3/t15-,21-/m1/s1. The number of benzene rings is 1. The van der Waals surface area contributed by atoms with Gasteiger partial charge in [-0.1, -0.05) is 12.1 Å². The largest absolute Gasteiger partial charge is 0.492 e. The van der Waals surface area contributed by atoms with Gasteiger partial charge in [-0.05, 0) is 19.1 Å². The fourth-order valence-corrected chi connectivity index (χ4v) is 4.05. The number of aromatic nitrogens is 2. The number of amides is 2. The summed E-state index contributed by atoms with van der Waals surface area (Å²) in [5.74, 6) is -0.900. The summed E-state index contributed by atoms with van der Waals surface area (Å²) < 4.78 is 5.88. The van der Waals surface area contributed by atoms with Crippen LogP contribution in [0.15, 0.2) is 36.7 Å². The molecule has 2 aromatic rings. The molecule has 2 atom stereocenters. The number of nitrogens with zero attached hydrogens (tertiary/aromatic N) is 4. The third-order valence-electron chi connectivity index (χ3n) is 5.64. The molecule has 2 aliphatic heterocycles. The average molecular weight is 394 g/mol. The van der Waals surface area contributed by atoms with Crippen LogP contribution < -0.4 is 4.74 Å². The van der Waals surface area contributed by atoms with Gasteiger partial charge in [0.2, 0.25) is 5.91 Å².